The van der Waals surface area contributed by atoms with Crippen LogP contribution in [0.5, 0.6) is 0 Å². The summed E-state index contributed by atoms with van der Waals surface area (Å²) in [6.45, 7) is 20.5. The summed E-state index contributed by atoms with van der Waals surface area (Å²) in [7, 11) is 0. The second-order valence-corrected chi connectivity index (χ2v) is 11.3. The Morgan fingerprint density at radius 3 is 2.08 bits per heavy atom. The van der Waals surface area contributed by atoms with Gasteiger partial charge in [-0.05, 0) is 89.3 Å². The van der Waals surface area contributed by atoms with Crippen LogP contribution in [-0.2, 0) is 0 Å². The lowest BCUT2D eigenvalue weighted by atomic mass is 9.78. The van der Waals surface area contributed by atoms with Gasteiger partial charge >= 0.3 is 0 Å². The number of likely N-dealkylation sites (tertiary alicyclic amines) is 3. The Morgan fingerprint density at radius 2 is 1.54 bits per heavy atom. The number of hydrogen-bond acceptors (Lipinski definition) is 3. The van der Waals surface area contributed by atoms with Gasteiger partial charge in [-0.3, -0.25) is 0 Å². The fourth-order valence-corrected chi connectivity index (χ4v) is 6.34. The van der Waals surface area contributed by atoms with E-state index in [9.17, 15) is 0 Å². The van der Waals surface area contributed by atoms with E-state index in [2.05, 4.69) is 42.4 Å². The largest absolute Gasteiger partial charge is 0.303 e. The van der Waals surface area contributed by atoms with Crippen molar-refractivity contribution in [2.24, 2.45) is 22.7 Å². The van der Waals surface area contributed by atoms with Gasteiger partial charge in [0.1, 0.15) is 0 Å². The summed E-state index contributed by atoms with van der Waals surface area (Å²) < 4.78 is 0. The van der Waals surface area contributed by atoms with E-state index in [1.807, 2.05) is 0 Å². The number of piperidine rings is 1. The standard InChI is InChI=1S/C23H43N3/c1-19(2)13-22(7-8-22)15-24-10-5-21(6-11-24)14-25-16-23(17-25)9-12-26(18-23)20(3)4/h19-21H,5-18H2,1-4H3. The van der Waals surface area contributed by atoms with E-state index < -0.39 is 0 Å². The lowest BCUT2D eigenvalue weighted by molar-refractivity contribution is -0.0122. The van der Waals surface area contributed by atoms with Crippen LogP contribution in [0.4, 0.5) is 0 Å². The molecule has 0 radical (unpaired) electrons. The Morgan fingerprint density at radius 1 is 0.846 bits per heavy atom. The summed E-state index contributed by atoms with van der Waals surface area (Å²) in [5.74, 6) is 1.84. The first-order chi connectivity index (χ1) is 12.4. The van der Waals surface area contributed by atoms with Crippen molar-refractivity contribution in [1.29, 1.82) is 0 Å². The molecule has 26 heavy (non-hydrogen) atoms. The van der Waals surface area contributed by atoms with E-state index in [1.165, 1.54) is 90.9 Å². The number of rotatable bonds is 7. The number of nitrogens with zero attached hydrogens (tertiary/aromatic N) is 3. The van der Waals surface area contributed by atoms with Crippen LogP contribution in [0.2, 0.25) is 0 Å². The van der Waals surface area contributed by atoms with Crippen molar-refractivity contribution < 1.29 is 0 Å². The molecule has 0 aromatic heterocycles. The summed E-state index contributed by atoms with van der Waals surface area (Å²) in [6, 6.07) is 0.734. The predicted molar refractivity (Wildman–Crippen MR) is 110 cm³/mol. The summed E-state index contributed by atoms with van der Waals surface area (Å²) in [5, 5.41) is 0. The normalized spacial score (nSPS) is 29.8. The molecule has 1 aliphatic carbocycles. The smallest absolute Gasteiger partial charge is 0.00970 e. The zero-order valence-electron chi connectivity index (χ0n) is 18.0. The van der Waals surface area contributed by atoms with Crippen molar-refractivity contribution in [3.8, 4) is 0 Å². The van der Waals surface area contributed by atoms with Crippen LogP contribution in [0.25, 0.3) is 0 Å². The Labute approximate surface area is 162 Å². The SMILES string of the molecule is CC(C)CC1(CN2CCC(CN3CC4(CCN(C(C)C)C4)C3)CC2)CC1. The second-order valence-electron chi connectivity index (χ2n) is 11.3. The molecule has 3 heteroatoms. The van der Waals surface area contributed by atoms with E-state index in [-0.39, 0.29) is 0 Å². The van der Waals surface area contributed by atoms with E-state index in [1.54, 1.807) is 0 Å². The molecular weight excluding hydrogens is 318 g/mol. The Balaban J connectivity index is 1.15. The minimum absolute atomic E-state index is 0.667. The first-order valence-electron chi connectivity index (χ1n) is 11.6. The van der Waals surface area contributed by atoms with Crippen molar-refractivity contribution in [2.75, 3.05) is 52.4 Å². The van der Waals surface area contributed by atoms with Gasteiger partial charge in [0.2, 0.25) is 0 Å². The molecule has 0 bridgehead atoms. The molecule has 4 fully saturated rings. The van der Waals surface area contributed by atoms with E-state index in [4.69, 9.17) is 0 Å². The molecule has 0 unspecified atom stereocenters. The fraction of sp³-hybridized carbons (Fsp3) is 1.00. The van der Waals surface area contributed by atoms with Crippen LogP contribution >= 0.6 is 0 Å². The Bertz CT molecular complexity index is 468. The van der Waals surface area contributed by atoms with Crippen molar-refractivity contribution in [1.82, 2.24) is 14.7 Å². The van der Waals surface area contributed by atoms with Gasteiger partial charge in [0.25, 0.3) is 0 Å². The van der Waals surface area contributed by atoms with E-state index >= 15 is 0 Å². The first-order valence-corrected chi connectivity index (χ1v) is 11.6. The predicted octanol–water partition coefficient (Wildman–Crippen LogP) is 3.94. The molecule has 0 atom stereocenters. The Kier molecular flexibility index (Phi) is 5.44. The monoisotopic (exact) mass is 361 g/mol. The third-order valence-electron chi connectivity index (χ3n) is 7.90. The average Bonchev–Trinajstić information content (AvgIpc) is 3.13. The first kappa shape index (κ1) is 19.2. The molecule has 0 aromatic rings. The van der Waals surface area contributed by atoms with E-state index in [0.717, 1.165) is 23.3 Å². The maximum absolute atomic E-state index is 2.81. The molecule has 0 N–H and O–H groups in total. The molecule has 3 heterocycles. The maximum atomic E-state index is 2.81. The van der Waals surface area contributed by atoms with Gasteiger partial charge in [-0.2, -0.15) is 0 Å². The Hall–Kier alpha value is -0.120. The third-order valence-corrected chi connectivity index (χ3v) is 7.90. The molecule has 3 saturated heterocycles. The van der Waals surface area contributed by atoms with Crippen LogP contribution in [0, 0.1) is 22.7 Å². The van der Waals surface area contributed by atoms with Gasteiger partial charge in [0.05, 0.1) is 0 Å². The van der Waals surface area contributed by atoms with Gasteiger partial charge in [-0.15, -0.1) is 0 Å². The zero-order chi connectivity index (χ0) is 18.4. The zero-order valence-corrected chi connectivity index (χ0v) is 18.0. The summed E-state index contributed by atoms with van der Waals surface area (Å²) >= 11 is 0. The molecule has 3 aliphatic heterocycles. The summed E-state index contributed by atoms with van der Waals surface area (Å²) in [6.07, 6.45) is 8.77. The minimum Gasteiger partial charge on any atom is -0.303 e. The highest BCUT2D eigenvalue weighted by molar-refractivity contribution is 5.02. The topological polar surface area (TPSA) is 9.72 Å². The van der Waals surface area contributed by atoms with Crippen LogP contribution in [-0.4, -0.2) is 73.1 Å². The molecule has 0 aromatic carbocycles. The maximum Gasteiger partial charge on any atom is 0.00970 e. The van der Waals surface area contributed by atoms with Crippen molar-refractivity contribution in [3.63, 3.8) is 0 Å². The van der Waals surface area contributed by atoms with Crippen LogP contribution in [0.3, 0.4) is 0 Å². The molecular formula is C23H43N3. The van der Waals surface area contributed by atoms with Gasteiger partial charge in [0, 0.05) is 44.2 Å². The molecule has 4 rings (SSSR count). The van der Waals surface area contributed by atoms with E-state index in [0.29, 0.717) is 5.41 Å². The molecule has 3 nitrogen and oxygen atoms in total. The molecule has 0 amide bonds. The molecule has 1 spiro atoms. The van der Waals surface area contributed by atoms with Gasteiger partial charge < -0.3 is 14.7 Å². The van der Waals surface area contributed by atoms with Crippen LogP contribution in [0.15, 0.2) is 0 Å². The highest BCUT2D eigenvalue weighted by atomic mass is 15.3. The van der Waals surface area contributed by atoms with Gasteiger partial charge in [-0.1, -0.05) is 13.8 Å². The quantitative estimate of drug-likeness (QED) is 0.680. The minimum atomic E-state index is 0.667. The lowest BCUT2D eigenvalue weighted by Crippen LogP contribution is -2.59. The van der Waals surface area contributed by atoms with Crippen LogP contribution < -0.4 is 0 Å². The molecule has 150 valence electrons. The van der Waals surface area contributed by atoms with Crippen molar-refractivity contribution >= 4 is 0 Å². The third kappa shape index (κ3) is 4.31. The molecule has 1 saturated carbocycles. The second kappa shape index (κ2) is 7.37. The van der Waals surface area contributed by atoms with Gasteiger partial charge in [-0.25, -0.2) is 0 Å². The van der Waals surface area contributed by atoms with Crippen molar-refractivity contribution in [2.45, 2.75) is 72.3 Å². The number of hydrogen-bond donors (Lipinski definition) is 0. The average molecular weight is 362 g/mol. The lowest BCUT2D eigenvalue weighted by Gasteiger charge is -2.50. The fourth-order valence-electron chi connectivity index (χ4n) is 6.34. The van der Waals surface area contributed by atoms with Crippen molar-refractivity contribution in [3.05, 3.63) is 0 Å². The highest BCUT2D eigenvalue weighted by Crippen LogP contribution is 2.51. The van der Waals surface area contributed by atoms with Gasteiger partial charge in [0.15, 0.2) is 0 Å². The highest BCUT2D eigenvalue weighted by Gasteiger charge is 2.48. The summed E-state index contributed by atoms with van der Waals surface area (Å²) in [4.78, 5) is 8.28. The van der Waals surface area contributed by atoms with Crippen LogP contribution in [0.1, 0.15) is 66.2 Å². The summed E-state index contributed by atoms with van der Waals surface area (Å²) in [5.41, 5.74) is 1.38. The molecule has 4 aliphatic rings.